The first-order chi connectivity index (χ1) is 8.17. The summed E-state index contributed by atoms with van der Waals surface area (Å²) in [7, 11) is 0. The molecule has 1 aromatic rings. The number of carbonyl (C=O) groups is 1. The van der Waals surface area contributed by atoms with Crippen LogP contribution in [-0.4, -0.2) is 41.6 Å². The molecule has 4 nitrogen and oxygen atoms in total. The van der Waals surface area contributed by atoms with Crippen LogP contribution in [0.2, 0.25) is 0 Å². The summed E-state index contributed by atoms with van der Waals surface area (Å²) in [5, 5.41) is 20.3. The van der Waals surface area contributed by atoms with E-state index in [0.29, 0.717) is 5.56 Å². The van der Waals surface area contributed by atoms with E-state index >= 15 is 0 Å². The molecule has 3 N–H and O–H groups in total. The molecule has 5 heteroatoms. The summed E-state index contributed by atoms with van der Waals surface area (Å²) in [5.74, 6) is 0.679. The number of hydrogen-bond donors (Lipinski definition) is 3. The molecule has 0 radical (unpaired) electrons. The molecule has 0 bridgehead atoms. The average molecular weight is 255 g/mol. The standard InChI is InChI=1S/C12H17NO3S/c1-17-8-9-2-4-10(5-3-9)12(16)13-6-11(15)7-14/h2-5,11,14-15H,6-8H2,1H3,(H,13,16). The molecule has 1 amide bonds. The number of nitrogens with one attached hydrogen (secondary N) is 1. The lowest BCUT2D eigenvalue weighted by molar-refractivity contribution is 0.0802. The smallest absolute Gasteiger partial charge is 0.251 e. The van der Waals surface area contributed by atoms with Gasteiger partial charge in [-0.15, -0.1) is 0 Å². The van der Waals surface area contributed by atoms with Crippen molar-refractivity contribution in [2.45, 2.75) is 11.9 Å². The van der Waals surface area contributed by atoms with Gasteiger partial charge in [0.25, 0.3) is 5.91 Å². The Bertz CT molecular complexity index is 353. The summed E-state index contributed by atoms with van der Waals surface area (Å²) in [6, 6.07) is 7.33. The normalized spacial score (nSPS) is 12.2. The number of thioether (sulfide) groups is 1. The topological polar surface area (TPSA) is 69.6 Å². The first-order valence-electron chi connectivity index (χ1n) is 5.32. The minimum absolute atomic E-state index is 0.0574. The predicted octanol–water partition coefficient (Wildman–Crippen LogP) is 0.633. The van der Waals surface area contributed by atoms with Crippen molar-refractivity contribution < 1.29 is 15.0 Å². The maximum Gasteiger partial charge on any atom is 0.251 e. The molecular formula is C12H17NO3S. The highest BCUT2D eigenvalue weighted by Crippen LogP contribution is 2.10. The fourth-order valence-electron chi connectivity index (χ4n) is 1.30. The predicted molar refractivity (Wildman–Crippen MR) is 69.1 cm³/mol. The molecule has 0 aromatic heterocycles. The van der Waals surface area contributed by atoms with E-state index < -0.39 is 6.10 Å². The second-order valence-corrected chi connectivity index (χ2v) is 4.54. The molecule has 0 spiro atoms. The Kier molecular flexibility index (Phi) is 6.04. The first-order valence-corrected chi connectivity index (χ1v) is 6.71. The summed E-state index contributed by atoms with van der Waals surface area (Å²) >= 11 is 1.72. The number of aliphatic hydroxyl groups is 2. The summed E-state index contributed by atoms with van der Waals surface area (Å²) in [6.45, 7) is -0.297. The lowest BCUT2D eigenvalue weighted by Crippen LogP contribution is -2.33. The fraction of sp³-hybridized carbons (Fsp3) is 0.417. The van der Waals surface area contributed by atoms with Crippen LogP contribution in [0.5, 0.6) is 0 Å². The number of benzene rings is 1. The van der Waals surface area contributed by atoms with E-state index in [9.17, 15) is 4.79 Å². The van der Waals surface area contributed by atoms with Gasteiger partial charge in [-0.25, -0.2) is 0 Å². The molecule has 1 rings (SSSR count). The summed E-state index contributed by atoms with van der Waals surface area (Å²) in [5.41, 5.74) is 1.73. The second-order valence-electron chi connectivity index (χ2n) is 3.68. The van der Waals surface area contributed by atoms with Crippen molar-refractivity contribution in [3.8, 4) is 0 Å². The largest absolute Gasteiger partial charge is 0.394 e. The zero-order chi connectivity index (χ0) is 12.7. The lowest BCUT2D eigenvalue weighted by Gasteiger charge is -2.09. The molecule has 0 aliphatic rings. The van der Waals surface area contributed by atoms with Gasteiger partial charge in [0.15, 0.2) is 0 Å². The third kappa shape index (κ3) is 4.77. The Labute approximate surface area is 105 Å². The highest BCUT2D eigenvalue weighted by Gasteiger charge is 2.07. The molecule has 94 valence electrons. The Morgan fingerprint density at radius 2 is 2.06 bits per heavy atom. The molecule has 0 aliphatic heterocycles. The highest BCUT2D eigenvalue weighted by atomic mass is 32.2. The Morgan fingerprint density at radius 1 is 1.41 bits per heavy atom. The summed E-state index contributed by atoms with van der Waals surface area (Å²) in [4.78, 5) is 11.6. The van der Waals surface area contributed by atoms with Gasteiger partial charge < -0.3 is 15.5 Å². The molecule has 0 saturated heterocycles. The molecule has 0 heterocycles. The van der Waals surface area contributed by atoms with Crippen LogP contribution in [0.4, 0.5) is 0 Å². The zero-order valence-electron chi connectivity index (χ0n) is 9.72. The van der Waals surface area contributed by atoms with Crippen LogP contribution in [0.1, 0.15) is 15.9 Å². The highest BCUT2D eigenvalue weighted by molar-refractivity contribution is 7.97. The average Bonchev–Trinajstić information content (AvgIpc) is 2.36. The number of carbonyl (C=O) groups excluding carboxylic acids is 1. The monoisotopic (exact) mass is 255 g/mol. The van der Waals surface area contributed by atoms with Crippen molar-refractivity contribution in [2.75, 3.05) is 19.4 Å². The second kappa shape index (κ2) is 7.32. The molecule has 1 aromatic carbocycles. The van der Waals surface area contributed by atoms with Crippen LogP contribution >= 0.6 is 11.8 Å². The first kappa shape index (κ1) is 14.0. The SMILES string of the molecule is CSCc1ccc(C(=O)NCC(O)CO)cc1. The van der Waals surface area contributed by atoms with E-state index in [2.05, 4.69) is 5.32 Å². The third-order valence-electron chi connectivity index (χ3n) is 2.24. The zero-order valence-corrected chi connectivity index (χ0v) is 10.5. The number of hydrogen-bond acceptors (Lipinski definition) is 4. The molecule has 0 aliphatic carbocycles. The van der Waals surface area contributed by atoms with Gasteiger partial charge in [-0.1, -0.05) is 12.1 Å². The number of aliphatic hydroxyl groups excluding tert-OH is 2. The van der Waals surface area contributed by atoms with Crippen LogP contribution in [-0.2, 0) is 5.75 Å². The van der Waals surface area contributed by atoms with Crippen LogP contribution in [0, 0.1) is 0 Å². The maximum absolute atomic E-state index is 11.6. The quantitative estimate of drug-likeness (QED) is 0.697. The molecule has 0 fully saturated rings. The van der Waals surface area contributed by atoms with Crippen molar-refractivity contribution in [1.29, 1.82) is 0 Å². The molecule has 1 atom stereocenters. The van der Waals surface area contributed by atoms with Crippen molar-refractivity contribution >= 4 is 17.7 Å². The van der Waals surface area contributed by atoms with Crippen molar-refractivity contribution in [1.82, 2.24) is 5.32 Å². The van der Waals surface area contributed by atoms with Gasteiger partial charge >= 0.3 is 0 Å². The van der Waals surface area contributed by atoms with Gasteiger partial charge in [0.2, 0.25) is 0 Å². The van der Waals surface area contributed by atoms with Crippen LogP contribution < -0.4 is 5.32 Å². The van der Waals surface area contributed by atoms with E-state index in [1.54, 1.807) is 23.9 Å². The van der Waals surface area contributed by atoms with Crippen LogP contribution in [0.25, 0.3) is 0 Å². The molecule has 0 saturated carbocycles. The lowest BCUT2D eigenvalue weighted by atomic mass is 10.1. The van der Waals surface area contributed by atoms with Gasteiger partial charge in [-0.05, 0) is 24.0 Å². The Hall–Kier alpha value is -1.04. The summed E-state index contributed by atoms with van der Waals surface area (Å²) in [6.07, 6.45) is 1.12. The fourth-order valence-corrected chi connectivity index (χ4v) is 1.82. The van der Waals surface area contributed by atoms with E-state index in [0.717, 1.165) is 5.75 Å². The van der Waals surface area contributed by atoms with Gasteiger partial charge in [0.05, 0.1) is 12.7 Å². The Morgan fingerprint density at radius 3 is 2.59 bits per heavy atom. The molecule has 1 unspecified atom stereocenters. The van der Waals surface area contributed by atoms with Crippen LogP contribution in [0.3, 0.4) is 0 Å². The van der Waals surface area contributed by atoms with Crippen molar-refractivity contribution in [3.05, 3.63) is 35.4 Å². The van der Waals surface area contributed by atoms with E-state index in [1.165, 1.54) is 5.56 Å². The van der Waals surface area contributed by atoms with Crippen LogP contribution in [0.15, 0.2) is 24.3 Å². The maximum atomic E-state index is 11.6. The van der Waals surface area contributed by atoms with Gasteiger partial charge in [-0.3, -0.25) is 4.79 Å². The van der Waals surface area contributed by atoms with Gasteiger partial charge in [0.1, 0.15) is 0 Å². The molecule has 17 heavy (non-hydrogen) atoms. The third-order valence-corrected chi connectivity index (χ3v) is 2.86. The number of rotatable bonds is 6. The minimum Gasteiger partial charge on any atom is -0.394 e. The molecular weight excluding hydrogens is 238 g/mol. The number of amides is 1. The van der Waals surface area contributed by atoms with Crippen molar-refractivity contribution in [2.24, 2.45) is 0 Å². The van der Waals surface area contributed by atoms with Gasteiger partial charge in [-0.2, -0.15) is 11.8 Å². The minimum atomic E-state index is -0.908. The van der Waals surface area contributed by atoms with E-state index in [4.69, 9.17) is 10.2 Å². The van der Waals surface area contributed by atoms with Crippen molar-refractivity contribution in [3.63, 3.8) is 0 Å². The Balaban J connectivity index is 2.51. The summed E-state index contributed by atoms with van der Waals surface area (Å²) < 4.78 is 0. The van der Waals surface area contributed by atoms with E-state index in [-0.39, 0.29) is 19.1 Å². The van der Waals surface area contributed by atoms with Gasteiger partial charge in [0, 0.05) is 17.9 Å². The van der Waals surface area contributed by atoms with E-state index in [1.807, 2.05) is 18.4 Å².